The van der Waals surface area contributed by atoms with Gasteiger partial charge < -0.3 is 5.11 Å². The lowest BCUT2D eigenvalue weighted by molar-refractivity contribution is -0.140. The molecule has 4 rings (SSSR count). The van der Waals surface area contributed by atoms with Crippen LogP contribution in [0.25, 0.3) is 5.00 Å². The molecule has 1 unspecified atom stereocenters. The Morgan fingerprint density at radius 2 is 2.03 bits per heavy atom. The van der Waals surface area contributed by atoms with Crippen LogP contribution in [0.1, 0.15) is 24.0 Å². The predicted molar refractivity (Wildman–Crippen MR) is 108 cm³/mol. The Morgan fingerprint density at radius 1 is 1.31 bits per heavy atom. The number of nitrogens with zero attached hydrogens (tertiary/aromatic N) is 2. The molecule has 148 valence electrons. The maximum atomic E-state index is 13.0. The second kappa shape index (κ2) is 6.84. The van der Waals surface area contributed by atoms with Gasteiger partial charge in [-0.15, -0.1) is 17.8 Å². The number of aromatic nitrogens is 2. The van der Waals surface area contributed by atoms with Crippen molar-refractivity contribution in [1.82, 2.24) is 14.5 Å². The number of hydrogen-bond donors (Lipinski definition) is 2. The number of aliphatic carboxylic acids is 1. The number of carboxylic acid groups (broad SMARTS) is 1. The third kappa shape index (κ3) is 3.15. The van der Waals surface area contributed by atoms with Crippen molar-refractivity contribution in [3.8, 4) is 17.3 Å². The summed E-state index contributed by atoms with van der Waals surface area (Å²) < 4.78 is 29.9. The number of hydrogen-bond acceptors (Lipinski definition) is 5. The SMILES string of the molecule is C#Cc1cnn(-c2ccc(S(=O)(=O)N[C@@]3(C(=O)O)C(C)[C@@H]3c3ccccc3)s2)c1. The third-order valence-electron chi connectivity index (χ3n) is 5.22. The molecule has 2 N–H and O–H groups in total. The Balaban J connectivity index is 1.64. The Kier molecular flexibility index (Phi) is 4.58. The number of terminal acetylenes is 1. The first-order valence-corrected chi connectivity index (χ1v) is 11.0. The topological polar surface area (TPSA) is 101 Å². The Morgan fingerprint density at radius 3 is 2.66 bits per heavy atom. The lowest BCUT2D eigenvalue weighted by Crippen LogP contribution is -2.45. The molecule has 1 aliphatic carbocycles. The molecule has 0 aliphatic heterocycles. The summed E-state index contributed by atoms with van der Waals surface area (Å²) in [5, 5.41) is 14.5. The van der Waals surface area contributed by atoms with Crippen LogP contribution >= 0.6 is 11.3 Å². The summed E-state index contributed by atoms with van der Waals surface area (Å²) in [5.41, 5.74) is -0.217. The Labute approximate surface area is 172 Å². The Bertz CT molecular complexity index is 1220. The van der Waals surface area contributed by atoms with Gasteiger partial charge in [-0.25, -0.2) is 13.1 Å². The lowest BCUT2D eigenvalue weighted by atomic mass is 10.1. The van der Waals surface area contributed by atoms with E-state index in [-0.39, 0.29) is 10.1 Å². The smallest absolute Gasteiger partial charge is 0.325 e. The monoisotopic (exact) mass is 427 g/mol. The number of nitrogens with one attached hydrogen (secondary N) is 1. The van der Waals surface area contributed by atoms with Gasteiger partial charge in [0.1, 0.15) is 14.7 Å². The van der Waals surface area contributed by atoms with E-state index in [2.05, 4.69) is 15.7 Å². The second-order valence-electron chi connectivity index (χ2n) is 6.87. The molecule has 0 spiro atoms. The number of rotatable bonds is 6. The van der Waals surface area contributed by atoms with E-state index in [1.807, 2.05) is 30.3 Å². The summed E-state index contributed by atoms with van der Waals surface area (Å²) in [6.45, 7) is 1.74. The number of carboxylic acids is 1. The van der Waals surface area contributed by atoms with Gasteiger partial charge in [-0.3, -0.25) is 4.79 Å². The van der Waals surface area contributed by atoms with Gasteiger partial charge in [0.05, 0.1) is 11.8 Å². The molecule has 0 radical (unpaired) electrons. The number of sulfonamides is 1. The van der Waals surface area contributed by atoms with Gasteiger partial charge in [0, 0.05) is 12.1 Å². The molecule has 7 nitrogen and oxygen atoms in total. The third-order valence-corrected chi connectivity index (χ3v) is 8.27. The molecule has 1 aliphatic rings. The first-order valence-electron chi connectivity index (χ1n) is 8.73. The van der Waals surface area contributed by atoms with E-state index in [0.717, 1.165) is 16.9 Å². The van der Waals surface area contributed by atoms with E-state index in [1.54, 1.807) is 19.2 Å². The second-order valence-corrected chi connectivity index (χ2v) is 9.84. The summed E-state index contributed by atoms with van der Waals surface area (Å²) in [5.74, 6) is 0.434. The summed E-state index contributed by atoms with van der Waals surface area (Å²) in [6, 6.07) is 12.1. The molecule has 3 atom stereocenters. The predicted octanol–water partition coefficient (Wildman–Crippen LogP) is 2.45. The molecule has 0 amide bonds. The van der Waals surface area contributed by atoms with Crippen molar-refractivity contribution in [1.29, 1.82) is 0 Å². The van der Waals surface area contributed by atoms with Gasteiger partial charge in [0.25, 0.3) is 10.0 Å². The molecule has 9 heteroatoms. The van der Waals surface area contributed by atoms with Crippen LogP contribution in [0.3, 0.4) is 0 Å². The zero-order valence-corrected chi connectivity index (χ0v) is 16.9. The van der Waals surface area contributed by atoms with Crippen LogP contribution in [0, 0.1) is 18.3 Å². The van der Waals surface area contributed by atoms with Crippen LogP contribution in [-0.2, 0) is 14.8 Å². The van der Waals surface area contributed by atoms with Crippen LogP contribution in [0.15, 0.2) is 59.1 Å². The van der Waals surface area contributed by atoms with Crippen LogP contribution in [0.5, 0.6) is 0 Å². The fourth-order valence-electron chi connectivity index (χ4n) is 3.67. The fourth-order valence-corrected chi connectivity index (χ4v) is 6.35. The highest BCUT2D eigenvalue weighted by atomic mass is 32.2. The van der Waals surface area contributed by atoms with Crippen molar-refractivity contribution < 1.29 is 18.3 Å². The van der Waals surface area contributed by atoms with Gasteiger partial charge in [-0.1, -0.05) is 43.2 Å². The quantitative estimate of drug-likeness (QED) is 0.589. The number of thiophene rings is 1. The largest absolute Gasteiger partial charge is 0.480 e. The molecule has 0 bridgehead atoms. The number of benzene rings is 1. The van der Waals surface area contributed by atoms with E-state index in [1.165, 1.54) is 16.9 Å². The molecular weight excluding hydrogens is 410 g/mol. The van der Waals surface area contributed by atoms with Crippen molar-refractivity contribution in [3.63, 3.8) is 0 Å². The normalized spacial score (nSPS) is 23.4. The molecule has 1 aromatic carbocycles. The molecule has 1 fully saturated rings. The van der Waals surface area contributed by atoms with Crippen LogP contribution < -0.4 is 4.72 Å². The summed E-state index contributed by atoms with van der Waals surface area (Å²) >= 11 is 0.984. The first-order chi connectivity index (χ1) is 13.8. The van der Waals surface area contributed by atoms with Crippen molar-refractivity contribution >= 4 is 27.3 Å². The Hall–Kier alpha value is -2.93. The highest BCUT2D eigenvalue weighted by Crippen LogP contribution is 2.58. The highest BCUT2D eigenvalue weighted by molar-refractivity contribution is 7.91. The van der Waals surface area contributed by atoms with E-state index in [4.69, 9.17) is 6.42 Å². The molecule has 2 heterocycles. The molecule has 0 saturated heterocycles. The standard InChI is InChI=1S/C20H17N3O4S2/c1-3-14-11-21-23(12-14)16-9-10-17(28-16)29(26,27)22-20(19(24)25)13(2)18(20)15-7-5-4-6-8-15/h1,4-13,18,22H,2H3,(H,24,25)/t13?,18-,20+/m1/s1. The van der Waals surface area contributed by atoms with Gasteiger partial charge in [-0.2, -0.15) is 9.82 Å². The molecular formula is C20H17N3O4S2. The summed E-state index contributed by atoms with van der Waals surface area (Å²) in [7, 11) is -4.05. The maximum Gasteiger partial charge on any atom is 0.325 e. The zero-order chi connectivity index (χ0) is 20.8. The van der Waals surface area contributed by atoms with Gasteiger partial charge in [-0.05, 0) is 23.6 Å². The average molecular weight is 428 g/mol. The van der Waals surface area contributed by atoms with Crippen molar-refractivity contribution in [3.05, 3.63) is 66.0 Å². The summed E-state index contributed by atoms with van der Waals surface area (Å²) in [4.78, 5) is 12.1. The molecule has 2 aromatic heterocycles. The van der Waals surface area contributed by atoms with E-state index in [0.29, 0.717) is 10.6 Å². The minimum absolute atomic E-state index is 0.0109. The van der Waals surface area contributed by atoms with E-state index in [9.17, 15) is 18.3 Å². The van der Waals surface area contributed by atoms with Crippen LogP contribution in [-0.4, -0.2) is 34.8 Å². The maximum absolute atomic E-state index is 13.0. The fraction of sp³-hybridized carbons (Fsp3) is 0.200. The van der Waals surface area contributed by atoms with Gasteiger partial charge in [0.2, 0.25) is 0 Å². The summed E-state index contributed by atoms with van der Waals surface area (Å²) in [6.07, 6.45) is 8.45. The van der Waals surface area contributed by atoms with Crippen LogP contribution in [0.2, 0.25) is 0 Å². The van der Waals surface area contributed by atoms with E-state index >= 15 is 0 Å². The van der Waals surface area contributed by atoms with Crippen molar-refractivity contribution in [2.75, 3.05) is 0 Å². The average Bonchev–Trinajstić information content (AvgIpc) is 3.13. The number of carbonyl (C=O) groups is 1. The van der Waals surface area contributed by atoms with Crippen molar-refractivity contribution in [2.45, 2.75) is 22.6 Å². The highest BCUT2D eigenvalue weighted by Gasteiger charge is 2.70. The van der Waals surface area contributed by atoms with Crippen molar-refractivity contribution in [2.24, 2.45) is 5.92 Å². The van der Waals surface area contributed by atoms with Crippen LogP contribution in [0.4, 0.5) is 0 Å². The first kappa shape index (κ1) is 19.4. The molecule has 1 saturated carbocycles. The minimum Gasteiger partial charge on any atom is -0.480 e. The molecule has 29 heavy (non-hydrogen) atoms. The minimum atomic E-state index is -4.05. The zero-order valence-electron chi connectivity index (χ0n) is 15.3. The molecule has 3 aromatic rings. The van der Waals surface area contributed by atoms with E-state index < -0.39 is 27.4 Å². The van der Waals surface area contributed by atoms with Gasteiger partial charge in [0.15, 0.2) is 0 Å². The van der Waals surface area contributed by atoms with Gasteiger partial charge >= 0.3 is 5.97 Å². The lowest BCUT2D eigenvalue weighted by Gasteiger charge is -2.15.